The Hall–Kier alpha value is -3.12. The minimum Gasteiger partial charge on any atom is -0.352 e. The Kier molecular flexibility index (Phi) is 11.6. The van der Waals surface area contributed by atoms with E-state index in [1.807, 2.05) is 30.3 Å². The van der Waals surface area contributed by atoms with Crippen molar-refractivity contribution in [3.8, 4) is 0 Å². The SMILES string of the molecule is O=C(NC1CCCC1)C(Cc1ccccc1)N(Cc1c(Cl)cccc1Cl)C(=O)CN(c1ccc(I)cc1)S(=O)(=O)c1ccccc1. The number of benzene rings is 4. The largest absolute Gasteiger partial charge is 0.352 e. The van der Waals surface area contributed by atoms with Gasteiger partial charge in [-0.1, -0.05) is 90.6 Å². The molecule has 1 aliphatic rings. The third-order valence-corrected chi connectivity index (χ3v) is 11.3. The fourth-order valence-electron chi connectivity index (χ4n) is 5.63. The van der Waals surface area contributed by atoms with Crippen LogP contribution in [0, 0.1) is 3.57 Å². The fourth-order valence-corrected chi connectivity index (χ4v) is 7.94. The number of rotatable bonds is 12. The van der Waals surface area contributed by atoms with E-state index in [0.29, 0.717) is 21.3 Å². The van der Waals surface area contributed by atoms with Crippen LogP contribution in [0.25, 0.3) is 0 Å². The van der Waals surface area contributed by atoms with Crippen molar-refractivity contribution in [2.24, 2.45) is 0 Å². The molecule has 1 aliphatic carbocycles. The van der Waals surface area contributed by atoms with Gasteiger partial charge >= 0.3 is 0 Å². The van der Waals surface area contributed by atoms with Gasteiger partial charge in [0.1, 0.15) is 12.6 Å². The average Bonchev–Trinajstić information content (AvgIpc) is 3.57. The maximum Gasteiger partial charge on any atom is 0.264 e. The standard InChI is InChI=1S/C35H34Cl2IN3O4S/c36-31-16-9-17-32(37)30(31)23-40(33(22-25-10-3-1-4-11-25)35(43)39-27-12-7-8-13-27)34(42)24-41(28-20-18-26(38)19-21-28)46(44,45)29-14-5-2-6-15-29/h1-6,9-11,14-21,27,33H,7-8,12-13,22-24H2,(H,39,43). The van der Waals surface area contributed by atoms with Crippen LogP contribution in [-0.2, 0) is 32.6 Å². The lowest BCUT2D eigenvalue weighted by Gasteiger charge is -2.34. The van der Waals surface area contributed by atoms with E-state index in [1.165, 1.54) is 17.0 Å². The molecule has 1 atom stereocenters. The van der Waals surface area contributed by atoms with Gasteiger partial charge in [-0.3, -0.25) is 13.9 Å². The Morgan fingerprint density at radius 2 is 1.41 bits per heavy atom. The van der Waals surface area contributed by atoms with Crippen LogP contribution < -0.4 is 9.62 Å². The van der Waals surface area contributed by atoms with Crippen molar-refractivity contribution < 1.29 is 18.0 Å². The van der Waals surface area contributed by atoms with Gasteiger partial charge in [0.2, 0.25) is 11.8 Å². The van der Waals surface area contributed by atoms with E-state index < -0.39 is 28.5 Å². The predicted octanol–water partition coefficient (Wildman–Crippen LogP) is 7.49. The molecule has 0 aromatic heterocycles. The molecule has 0 aliphatic heterocycles. The number of nitrogens with zero attached hydrogens (tertiary/aromatic N) is 2. The Morgan fingerprint density at radius 3 is 2.02 bits per heavy atom. The molecular formula is C35H34Cl2IN3O4S. The van der Waals surface area contributed by atoms with Crippen LogP contribution >= 0.6 is 45.8 Å². The van der Waals surface area contributed by atoms with Crippen molar-refractivity contribution in [2.45, 2.75) is 55.6 Å². The van der Waals surface area contributed by atoms with Gasteiger partial charge in [-0.15, -0.1) is 0 Å². The minimum absolute atomic E-state index is 0.00775. The van der Waals surface area contributed by atoms with E-state index in [1.54, 1.807) is 60.7 Å². The van der Waals surface area contributed by atoms with Crippen molar-refractivity contribution in [3.63, 3.8) is 0 Å². The second-order valence-corrected chi connectivity index (χ2v) is 15.1. The van der Waals surface area contributed by atoms with E-state index in [4.69, 9.17) is 23.2 Å². The van der Waals surface area contributed by atoms with Crippen LogP contribution in [0.1, 0.15) is 36.8 Å². The van der Waals surface area contributed by atoms with Gasteiger partial charge in [0.25, 0.3) is 10.0 Å². The summed E-state index contributed by atoms with van der Waals surface area (Å²) in [5.41, 5.74) is 1.64. The Bertz CT molecular complexity index is 1730. The third-order valence-electron chi connectivity index (χ3n) is 8.09. The molecule has 7 nitrogen and oxygen atoms in total. The smallest absolute Gasteiger partial charge is 0.264 e. The number of amides is 2. The van der Waals surface area contributed by atoms with E-state index in [0.717, 1.165) is 39.1 Å². The van der Waals surface area contributed by atoms with Gasteiger partial charge in [0.15, 0.2) is 0 Å². The maximum absolute atomic E-state index is 14.6. The van der Waals surface area contributed by atoms with E-state index >= 15 is 0 Å². The first-order valence-electron chi connectivity index (χ1n) is 15.0. The fraction of sp³-hybridized carbons (Fsp3) is 0.257. The Labute approximate surface area is 294 Å². The van der Waals surface area contributed by atoms with Crippen molar-refractivity contribution in [1.82, 2.24) is 10.2 Å². The molecule has 240 valence electrons. The summed E-state index contributed by atoms with van der Waals surface area (Å²) in [7, 11) is -4.18. The second kappa shape index (κ2) is 15.6. The summed E-state index contributed by atoms with van der Waals surface area (Å²) >= 11 is 15.3. The molecule has 4 aromatic rings. The lowest BCUT2D eigenvalue weighted by molar-refractivity contribution is -0.140. The van der Waals surface area contributed by atoms with Gasteiger partial charge < -0.3 is 10.2 Å². The first-order chi connectivity index (χ1) is 22.1. The van der Waals surface area contributed by atoms with Gasteiger partial charge in [0.05, 0.1) is 10.6 Å². The minimum atomic E-state index is -4.18. The number of anilines is 1. The highest BCUT2D eigenvalue weighted by molar-refractivity contribution is 14.1. The van der Waals surface area contributed by atoms with Crippen molar-refractivity contribution in [3.05, 3.63) is 128 Å². The molecule has 0 saturated heterocycles. The zero-order valence-electron chi connectivity index (χ0n) is 25.0. The molecule has 11 heteroatoms. The summed E-state index contributed by atoms with van der Waals surface area (Å²) in [6, 6.07) is 28.4. The molecule has 0 radical (unpaired) electrons. The molecule has 1 saturated carbocycles. The first-order valence-corrected chi connectivity index (χ1v) is 18.3. The molecule has 1 N–H and O–H groups in total. The highest BCUT2D eigenvalue weighted by Crippen LogP contribution is 2.29. The Morgan fingerprint density at radius 1 is 0.826 bits per heavy atom. The highest BCUT2D eigenvalue weighted by Gasteiger charge is 2.36. The molecular weight excluding hydrogens is 756 g/mol. The average molecular weight is 791 g/mol. The van der Waals surface area contributed by atoms with E-state index in [2.05, 4.69) is 27.9 Å². The number of hydrogen-bond acceptors (Lipinski definition) is 4. The molecule has 4 aromatic carbocycles. The van der Waals surface area contributed by atoms with Gasteiger partial charge in [-0.25, -0.2) is 8.42 Å². The molecule has 1 unspecified atom stereocenters. The quantitative estimate of drug-likeness (QED) is 0.151. The van der Waals surface area contributed by atoms with Gasteiger partial charge in [0, 0.05) is 38.2 Å². The topological polar surface area (TPSA) is 86.8 Å². The molecule has 0 bridgehead atoms. The number of halogens is 3. The molecule has 0 heterocycles. The first kappa shape index (κ1) is 34.2. The maximum atomic E-state index is 14.6. The Balaban J connectivity index is 1.58. The summed E-state index contributed by atoms with van der Waals surface area (Å²) < 4.78 is 30.2. The summed E-state index contributed by atoms with van der Waals surface area (Å²) in [6.07, 6.45) is 3.99. The molecule has 2 amide bonds. The lowest BCUT2D eigenvalue weighted by atomic mass is 10.0. The van der Waals surface area contributed by atoms with Crippen LogP contribution in [-0.4, -0.2) is 43.8 Å². The van der Waals surface area contributed by atoms with E-state index in [-0.39, 0.29) is 29.8 Å². The zero-order chi connectivity index (χ0) is 32.7. The van der Waals surface area contributed by atoms with Crippen LogP contribution in [0.5, 0.6) is 0 Å². The third kappa shape index (κ3) is 8.42. The van der Waals surface area contributed by atoms with Crippen LogP contribution in [0.3, 0.4) is 0 Å². The predicted molar refractivity (Wildman–Crippen MR) is 191 cm³/mol. The van der Waals surface area contributed by atoms with Crippen LogP contribution in [0.4, 0.5) is 5.69 Å². The van der Waals surface area contributed by atoms with Crippen molar-refractivity contribution >= 4 is 73.3 Å². The molecule has 46 heavy (non-hydrogen) atoms. The van der Waals surface area contributed by atoms with Crippen molar-refractivity contribution in [1.29, 1.82) is 0 Å². The van der Waals surface area contributed by atoms with Gasteiger partial charge in [-0.2, -0.15) is 0 Å². The van der Waals surface area contributed by atoms with E-state index in [9.17, 15) is 18.0 Å². The number of carbonyl (C=O) groups excluding carboxylic acids is 2. The summed E-state index contributed by atoms with van der Waals surface area (Å²) in [4.78, 5) is 30.2. The highest BCUT2D eigenvalue weighted by atomic mass is 127. The monoisotopic (exact) mass is 789 g/mol. The van der Waals surface area contributed by atoms with Crippen LogP contribution in [0.2, 0.25) is 10.0 Å². The lowest BCUT2D eigenvalue weighted by Crippen LogP contribution is -2.54. The summed E-state index contributed by atoms with van der Waals surface area (Å²) in [5, 5.41) is 3.84. The molecule has 5 rings (SSSR count). The number of sulfonamides is 1. The van der Waals surface area contributed by atoms with Crippen LogP contribution in [0.15, 0.2) is 108 Å². The summed E-state index contributed by atoms with van der Waals surface area (Å²) in [5.74, 6) is -0.879. The summed E-state index contributed by atoms with van der Waals surface area (Å²) in [6.45, 7) is -0.652. The number of carbonyl (C=O) groups is 2. The van der Waals surface area contributed by atoms with Gasteiger partial charge in [-0.05, 0) is 89.5 Å². The number of nitrogens with one attached hydrogen (secondary N) is 1. The normalized spacial score (nSPS) is 14.1. The van der Waals surface area contributed by atoms with Crippen molar-refractivity contribution in [2.75, 3.05) is 10.8 Å². The number of hydrogen-bond donors (Lipinski definition) is 1. The molecule has 0 spiro atoms. The molecule has 1 fully saturated rings. The zero-order valence-corrected chi connectivity index (χ0v) is 29.5. The second-order valence-electron chi connectivity index (χ2n) is 11.2.